The average molecular weight is 448 g/mol. The van der Waals surface area contributed by atoms with Crippen molar-refractivity contribution in [3.63, 3.8) is 0 Å². The summed E-state index contributed by atoms with van der Waals surface area (Å²) in [4.78, 5) is 19.6. The third-order valence-electron chi connectivity index (χ3n) is 5.40. The molecule has 0 aliphatic carbocycles. The van der Waals surface area contributed by atoms with E-state index in [1.807, 2.05) is 29.7 Å². The maximum atomic E-state index is 13.7. The molecule has 0 saturated carbocycles. The van der Waals surface area contributed by atoms with Gasteiger partial charge in [-0.15, -0.1) is 10.2 Å². The number of hydrogen-bond donors (Lipinski definition) is 0. The predicted octanol–water partition coefficient (Wildman–Crippen LogP) is 3.69. The number of ether oxygens (including phenoxy) is 1. The predicted molar refractivity (Wildman–Crippen MR) is 108 cm³/mol. The molecule has 10 heteroatoms. The summed E-state index contributed by atoms with van der Waals surface area (Å²) < 4.78 is 21.4. The average Bonchev–Trinajstić information content (AvgIpc) is 3.15. The SMILES string of the molecule is Cc1cccc(-c2nnc3n2C[C@@H]2COC[C@H]3N2C(=O)c2ccc(F)c(Cl)c2Cl)n1. The van der Waals surface area contributed by atoms with Crippen molar-refractivity contribution in [1.29, 1.82) is 0 Å². The van der Waals surface area contributed by atoms with E-state index in [0.29, 0.717) is 24.8 Å². The van der Waals surface area contributed by atoms with Crippen molar-refractivity contribution in [1.82, 2.24) is 24.6 Å². The Morgan fingerprint density at radius 1 is 1.17 bits per heavy atom. The van der Waals surface area contributed by atoms with E-state index in [4.69, 9.17) is 27.9 Å². The third kappa shape index (κ3) is 2.98. The minimum atomic E-state index is -0.671. The molecule has 0 radical (unpaired) electrons. The first kappa shape index (κ1) is 19.4. The highest BCUT2D eigenvalue weighted by Crippen LogP contribution is 2.37. The summed E-state index contributed by atoms with van der Waals surface area (Å²) >= 11 is 12.1. The van der Waals surface area contributed by atoms with E-state index in [1.54, 1.807) is 4.90 Å². The number of rotatable bonds is 2. The molecule has 2 bridgehead atoms. The summed E-state index contributed by atoms with van der Waals surface area (Å²) in [5.41, 5.74) is 1.75. The highest BCUT2D eigenvalue weighted by Gasteiger charge is 2.44. The molecule has 154 valence electrons. The van der Waals surface area contributed by atoms with Crippen molar-refractivity contribution in [3.05, 3.63) is 63.3 Å². The molecule has 1 aromatic carbocycles. The van der Waals surface area contributed by atoms with Gasteiger partial charge in [-0.1, -0.05) is 29.3 Å². The van der Waals surface area contributed by atoms with Crippen LogP contribution in [0.2, 0.25) is 10.0 Å². The number of aryl methyl sites for hydroxylation is 1. The molecule has 7 nitrogen and oxygen atoms in total. The number of carbonyl (C=O) groups is 1. The first-order valence-corrected chi connectivity index (χ1v) is 10.1. The number of aromatic nitrogens is 4. The van der Waals surface area contributed by atoms with Gasteiger partial charge in [-0.05, 0) is 31.2 Å². The van der Waals surface area contributed by atoms with Crippen molar-refractivity contribution >= 4 is 29.1 Å². The zero-order valence-corrected chi connectivity index (χ0v) is 17.4. The Hall–Kier alpha value is -2.55. The molecule has 1 saturated heterocycles. The van der Waals surface area contributed by atoms with Crippen LogP contribution >= 0.6 is 23.2 Å². The number of hydrogen-bond acceptors (Lipinski definition) is 5. The van der Waals surface area contributed by atoms with E-state index in [2.05, 4.69) is 15.2 Å². The summed E-state index contributed by atoms with van der Waals surface area (Å²) in [7, 11) is 0. The number of pyridine rings is 1. The van der Waals surface area contributed by atoms with Gasteiger partial charge < -0.3 is 14.2 Å². The Morgan fingerprint density at radius 2 is 2.00 bits per heavy atom. The Kier molecular flexibility index (Phi) is 4.72. The van der Waals surface area contributed by atoms with Crippen molar-refractivity contribution in [2.75, 3.05) is 13.2 Å². The number of amides is 1. The van der Waals surface area contributed by atoms with E-state index >= 15 is 0 Å². The smallest absolute Gasteiger partial charge is 0.256 e. The van der Waals surface area contributed by atoms with E-state index < -0.39 is 11.9 Å². The van der Waals surface area contributed by atoms with Crippen LogP contribution in [0.1, 0.15) is 27.9 Å². The van der Waals surface area contributed by atoms with E-state index in [0.717, 1.165) is 17.5 Å². The maximum absolute atomic E-state index is 13.7. The van der Waals surface area contributed by atoms with Gasteiger partial charge in [-0.25, -0.2) is 9.37 Å². The Bertz CT molecular complexity index is 1170. The second kappa shape index (κ2) is 7.30. The third-order valence-corrected chi connectivity index (χ3v) is 6.26. The molecule has 2 aliphatic rings. The lowest BCUT2D eigenvalue weighted by Gasteiger charge is -2.45. The molecule has 2 aromatic heterocycles. The molecule has 2 atom stereocenters. The molecule has 0 unspecified atom stereocenters. The quantitative estimate of drug-likeness (QED) is 0.560. The Morgan fingerprint density at radius 3 is 2.80 bits per heavy atom. The molecule has 1 fully saturated rings. The van der Waals surface area contributed by atoms with Gasteiger partial charge in [0.2, 0.25) is 0 Å². The fourth-order valence-electron chi connectivity index (χ4n) is 4.02. The molecular weight excluding hydrogens is 432 g/mol. The lowest BCUT2D eigenvalue weighted by atomic mass is 10.0. The van der Waals surface area contributed by atoms with Crippen molar-refractivity contribution < 1.29 is 13.9 Å². The van der Waals surface area contributed by atoms with Gasteiger partial charge in [0.05, 0.1) is 34.9 Å². The van der Waals surface area contributed by atoms with Crippen LogP contribution in [0, 0.1) is 12.7 Å². The number of benzene rings is 1. The largest absolute Gasteiger partial charge is 0.377 e. The van der Waals surface area contributed by atoms with Gasteiger partial charge in [-0.2, -0.15) is 0 Å². The van der Waals surface area contributed by atoms with Gasteiger partial charge in [0.15, 0.2) is 11.6 Å². The van der Waals surface area contributed by atoms with E-state index in [-0.39, 0.29) is 34.2 Å². The molecule has 5 rings (SSSR count). The van der Waals surface area contributed by atoms with Crippen LogP contribution in [0.3, 0.4) is 0 Å². The summed E-state index contributed by atoms with van der Waals surface area (Å²) in [5.74, 6) is 0.252. The van der Waals surface area contributed by atoms with Crippen LogP contribution in [0.25, 0.3) is 11.5 Å². The van der Waals surface area contributed by atoms with Crippen LogP contribution in [0.5, 0.6) is 0 Å². The first-order chi connectivity index (χ1) is 14.5. The number of nitrogens with zero attached hydrogens (tertiary/aromatic N) is 5. The molecular formula is C20H16Cl2FN5O2. The fourth-order valence-corrected chi connectivity index (χ4v) is 4.42. The van der Waals surface area contributed by atoms with E-state index in [1.165, 1.54) is 6.07 Å². The topological polar surface area (TPSA) is 73.1 Å². The normalized spacial score (nSPS) is 20.2. The lowest BCUT2D eigenvalue weighted by Crippen LogP contribution is -2.56. The number of halogens is 3. The fraction of sp³-hybridized carbons (Fsp3) is 0.300. The Balaban J connectivity index is 1.56. The Labute approximate surface area is 181 Å². The van der Waals surface area contributed by atoms with Gasteiger partial charge in [0, 0.05) is 12.2 Å². The summed E-state index contributed by atoms with van der Waals surface area (Å²) in [6.45, 7) is 2.99. The van der Waals surface area contributed by atoms with Crippen LogP contribution in [0.15, 0.2) is 30.3 Å². The molecule has 2 aliphatic heterocycles. The van der Waals surface area contributed by atoms with Crippen LogP contribution in [-0.2, 0) is 11.3 Å². The summed E-state index contributed by atoms with van der Waals surface area (Å²) in [6.07, 6.45) is 0. The van der Waals surface area contributed by atoms with Gasteiger partial charge in [0.25, 0.3) is 5.91 Å². The summed E-state index contributed by atoms with van der Waals surface area (Å²) in [5, 5.41) is 8.32. The second-order valence-corrected chi connectivity index (χ2v) is 8.05. The van der Waals surface area contributed by atoms with Crippen LogP contribution in [-0.4, -0.2) is 49.8 Å². The van der Waals surface area contributed by atoms with Crippen molar-refractivity contribution in [2.45, 2.75) is 25.6 Å². The van der Waals surface area contributed by atoms with Gasteiger partial charge >= 0.3 is 0 Å². The van der Waals surface area contributed by atoms with Crippen molar-refractivity contribution in [2.24, 2.45) is 0 Å². The molecule has 4 heterocycles. The molecule has 0 spiro atoms. The van der Waals surface area contributed by atoms with Gasteiger partial charge in [-0.3, -0.25) is 4.79 Å². The highest BCUT2D eigenvalue weighted by atomic mass is 35.5. The van der Waals surface area contributed by atoms with E-state index in [9.17, 15) is 9.18 Å². The standard InChI is InChI=1S/C20H16Cl2FN5O2/c1-10-3-2-4-14(24-10)18-25-26-19-15-9-30-8-11(7-27(18)19)28(15)20(29)12-5-6-13(23)17(22)16(12)21/h2-6,11,15H,7-9H2,1H3/t11-,15-/m1/s1. The lowest BCUT2D eigenvalue weighted by molar-refractivity contribution is -0.0569. The number of fused-ring (bicyclic) bond motifs is 4. The monoisotopic (exact) mass is 447 g/mol. The minimum absolute atomic E-state index is 0.0997. The molecule has 0 N–H and O–H groups in total. The maximum Gasteiger partial charge on any atom is 0.256 e. The number of carbonyl (C=O) groups excluding carboxylic acids is 1. The zero-order valence-electron chi connectivity index (χ0n) is 15.8. The second-order valence-electron chi connectivity index (χ2n) is 7.30. The molecule has 30 heavy (non-hydrogen) atoms. The molecule has 1 amide bonds. The van der Waals surface area contributed by atoms with Gasteiger partial charge in [0.1, 0.15) is 17.6 Å². The first-order valence-electron chi connectivity index (χ1n) is 9.36. The number of morpholine rings is 1. The van der Waals surface area contributed by atoms with Crippen LogP contribution < -0.4 is 0 Å². The molecule has 3 aromatic rings. The van der Waals surface area contributed by atoms with Crippen LogP contribution in [0.4, 0.5) is 4.39 Å². The summed E-state index contributed by atoms with van der Waals surface area (Å²) in [6, 6.07) is 7.50. The minimum Gasteiger partial charge on any atom is -0.377 e. The highest BCUT2D eigenvalue weighted by molar-refractivity contribution is 6.44. The van der Waals surface area contributed by atoms with Crippen molar-refractivity contribution in [3.8, 4) is 11.5 Å². The zero-order chi connectivity index (χ0) is 21.0.